The molecule has 1 aliphatic rings. The first-order chi connectivity index (χ1) is 8.98. The molecule has 0 aromatic carbocycles. The van der Waals surface area contributed by atoms with Crippen LogP contribution in [-0.2, 0) is 4.74 Å². The molecular formula is C16H32N2O2. The molecule has 1 heterocycles. The van der Waals surface area contributed by atoms with Gasteiger partial charge in [-0.15, -0.1) is 0 Å². The summed E-state index contributed by atoms with van der Waals surface area (Å²) in [5, 5.41) is 0. The summed E-state index contributed by atoms with van der Waals surface area (Å²) < 4.78 is 5.41. The Labute approximate surface area is 124 Å². The van der Waals surface area contributed by atoms with Gasteiger partial charge in [0.2, 0.25) is 0 Å². The normalized spacial score (nSPS) is 21.9. The SMILES string of the molecule is CC(C)(C)CCC(N)C1CCN(C(=O)OC(C)(C)C)C1. The van der Waals surface area contributed by atoms with E-state index in [-0.39, 0.29) is 12.1 Å². The van der Waals surface area contributed by atoms with E-state index in [4.69, 9.17) is 10.5 Å². The molecule has 118 valence electrons. The molecule has 20 heavy (non-hydrogen) atoms. The van der Waals surface area contributed by atoms with Gasteiger partial charge >= 0.3 is 6.09 Å². The molecule has 0 saturated carbocycles. The van der Waals surface area contributed by atoms with Crippen molar-refractivity contribution in [1.29, 1.82) is 0 Å². The van der Waals surface area contributed by atoms with Crippen LogP contribution in [0.2, 0.25) is 0 Å². The lowest BCUT2D eigenvalue weighted by atomic mass is 9.85. The summed E-state index contributed by atoms with van der Waals surface area (Å²) in [6, 6.07) is 0.182. The Morgan fingerprint density at radius 3 is 2.40 bits per heavy atom. The number of hydrogen-bond acceptors (Lipinski definition) is 3. The number of amides is 1. The standard InChI is InChI=1S/C16H32N2O2/c1-15(2,3)9-7-13(17)12-8-10-18(11-12)14(19)20-16(4,5)6/h12-13H,7-11,17H2,1-6H3. The largest absolute Gasteiger partial charge is 0.444 e. The molecule has 1 aliphatic heterocycles. The summed E-state index contributed by atoms with van der Waals surface area (Å²) in [5.41, 5.74) is 6.19. The van der Waals surface area contributed by atoms with Gasteiger partial charge in [-0.1, -0.05) is 20.8 Å². The van der Waals surface area contributed by atoms with Crippen molar-refractivity contribution in [3.05, 3.63) is 0 Å². The van der Waals surface area contributed by atoms with Crippen LogP contribution >= 0.6 is 0 Å². The van der Waals surface area contributed by atoms with Crippen molar-refractivity contribution in [2.75, 3.05) is 13.1 Å². The van der Waals surface area contributed by atoms with E-state index in [0.717, 1.165) is 32.4 Å². The Balaban J connectivity index is 2.41. The molecule has 0 aromatic rings. The quantitative estimate of drug-likeness (QED) is 0.864. The highest BCUT2D eigenvalue weighted by Gasteiger charge is 2.32. The highest BCUT2D eigenvalue weighted by molar-refractivity contribution is 5.68. The van der Waals surface area contributed by atoms with Crippen molar-refractivity contribution in [1.82, 2.24) is 4.90 Å². The zero-order chi connectivity index (χ0) is 15.6. The molecule has 1 saturated heterocycles. The second-order valence-electron chi connectivity index (χ2n) is 8.24. The predicted octanol–water partition coefficient (Wildman–Crippen LogP) is 3.40. The molecule has 2 N–H and O–H groups in total. The Morgan fingerprint density at radius 1 is 1.30 bits per heavy atom. The summed E-state index contributed by atoms with van der Waals surface area (Å²) in [6.07, 6.45) is 2.93. The van der Waals surface area contributed by atoms with E-state index < -0.39 is 5.60 Å². The van der Waals surface area contributed by atoms with E-state index in [1.54, 1.807) is 4.90 Å². The summed E-state index contributed by atoms with van der Waals surface area (Å²) >= 11 is 0. The van der Waals surface area contributed by atoms with Gasteiger partial charge in [-0.25, -0.2) is 4.79 Å². The molecule has 1 amide bonds. The van der Waals surface area contributed by atoms with Crippen molar-refractivity contribution < 1.29 is 9.53 Å². The van der Waals surface area contributed by atoms with E-state index in [2.05, 4.69) is 20.8 Å². The van der Waals surface area contributed by atoms with Gasteiger partial charge in [0.25, 0.3) is 0 Å². The highest BCUT2D eigenvalue weighted by atomic mass is 16.6. The minimum Gasteiger partial charge on any atom is -0.444 e. The number of nitrogens with zero attached hydrogens (tertiary/aromatic N) is 1. The van der Waals surface area contributed by atoms with Gasteiger partial charge in [-0.2, -0.15) is 0 Å². The molecule has 2 atom stereocenters. The fourth-order valence-electron chi connectivity index (χ4n) is 2.46. The zero-order valence-electron chi connectivity index (χ0n) is 14.0. The van der Waals surface area contributed by atoms with Crippen LogP contribution in [0.3, 0.4) is 0 Å². The second kappa shape index (κ2) is 6.33. The number of hydrogen-bond donors (Lipinski definition) is 1. The van der Waals surface area contributed by atoms with Crippen LogP contribution in [0.5, 0.6) is 0 Å². The molecule has 1 fully saturated rings. The van der Waals surface area contributed by atoms with E-state index in [1.165, 1.54) is 0 Å². The lowest BCUT2D eigenvalue weighted by Gasteiger charge is -2.26. The van der Waals surface area contributed by atoms with Crippen LogP contribution in [0, 0.1) is 11.3 Å². The van der Waals surface area contributed by atoms with E-state index in [1.807, 2.05) is 20.8 Å². The number of likely N-dealkylation sites (tertiary alicyclic amines) is 1. The third-order valence-corrected chi connectivity index (χ3v) is 3.71. The Morgan fingerprint density at radius 2 is 1.90 bits per heavy atom. The van der Waals surface area contributed by atoms with Crippen molar-refractivity contribution >= 4 is 6.09 Å². The van der Waals surface area contributed by atoms with Gasteiger partial charge in [-0.05, 0) is 51.4 Å². The van der Waals surface area contributed by atoms with Crippen LogP contribution < -0.4 is 5.73 Å². The van der Waals surface area contributed by atoms with E-state index in [9.17, 15) is 4.79 Å². The molecule has 0 aliphatic carbocycles. The maximum Gasteiger partial charge on any atom is 0.410 e. The first-order valence-electron chi connectivity index (χ1n) is 7.71. The Kier molecular flexibility index (Phi) is 5.47. The van der Waals surface area contributed by atoms with Crippen molar-refractivity contribution in [3.63, 3.8) is 0 Å². The molecule has 4 nitrogen and oxygen atoms in total. The zero-order valence-corrected chi connectivity index (χ0v) is 14.0. The van der Waals surface area contributed by atoms with Gasteiger partial charge in [0.05, 0.1) is 0 Å². The fraction of sp³-hybridized carbons (Fsp3) is 0.938. The minimum atomic E-state index is -0.427. The van der Waals surface area contributed by atoms with Gasteiger partial charge in [0.15, 0.2) is 0 Å². The molecule has 2 unspecified atom stereocenters. The number of carbonyl (C=O) groups is 1. The molecular weight excluding hydrogens is 252 g/mol. The molecule has 4 heteroatoms. The number of nitrogens with two attached hydrogens (primary N) is 1. The number of carbonyl (C=O) groups excluding carboxylic acids is 1. The molecule has 0 radical (unpaired) electrons. The lowest BCUT2D eigenvalue weighted by Crippen LogP contribution is -2.38. The summed E-state index contributed by atoms with van der Waals surface area (Å²) in [5.74, 6) is 0.407. The van der Waals surface area contributed by atoms with Crippen molar-refractivity contribution in [2.24, 2.45) is 17.1 Å². The fourth-order valence-corrected chi connectivity index (χ4v) is 2.46. The third kappa shape index (κ3) is 6.12. The summed E-state index contributed by atoms with van der Waals surface area (Å²) in [7, 11) is 0. The van der Waals surface area contributed by atoms with Crippen molar-refractivity contribution in [2.45, 2.75) is 72.4 Å². The van der Waals surface area contributed by atoms with Gasteiger partial charge < -0.3 is 15.4 Å². The molecule has 0 bridgehead atoms. The van der Waals surface area contributed by atoms with Gasteiger partial charge in [0, 0.05) is 19.1 Å². The van der Waals surface area contributed by atoms with Gasteiger partial charge in [0.1, 0.15) is 5.60 Å². The smallest absolute Gasteiger partial charge is 0.410 e. The maximum absolute atomic E-state index is 12.0. The first-order valence-corrected chi connectivity index (χ1v) is 7.71. The Bertz CT molecular complexity index is 328. The first kappa shape index (κ1) is 17.3. The predicted molar refractivity (Wildman–Crippen MR) is 82.6 cm³/mol. The molecule has 1 rings (SSSR count). The number of rotatable bonds is 3. The van der Waals surface area contributed by atoms with Crippen LogP contribution in [0.25, 0.3) is 0 Å². The van der Waals surface area contributed by atoms with E-state index in [0.29, 0.717) is 11.3 Å². The summed E-state index contributed by atoms with van der Waals surface area (Å²) in [6.45, 7) is 13.9. The minimum absolute atomic E-state index is 0.182. The molecule has 0 spiro atoms. The van der Waals surface area contributed by atoms with Crippen LogP contribution in [0.1, 0.15) is 60.8 Å². The third-order valence-electron chi connectivity index (χ3n) is 3.71. The van der Waals surface area contributed by atoms with Gasteiger partial charge in [-0.3, -0.25) is 0 Å². The monoisotopic (exact) mass is 284 g/mol. The van der Waals surface area contributed by atoms with Crippen LogP contribution in [0.15, 0.2) is 0 Å². The van der Waals surface area contributed by atoms with Crippen LogP contribution in [-0.4, -0.2) is 35.7 Å². The average Bonchev–Trinajstić information content (AvgIpc) is 2.71. The van der Waals surface area contributed by atoms with E-state index >= 15 is 0 Å². The molecule has 0 aromatic heterocycles. The Hall–Kier alpha value is -0.770. The number of ether oxygens (including phenoxy) is 1. The van der Waals surface area contributed by atoms with Crippen LogP contribution in [0.4, 0.5) is 4.79 Å². The maximum atomic E-state index is 12.0. The highest BCUT2D eigenvalue weighted by Crippen LogP contribution is 2.27. The topological polar surface area (TPSA) is 55.6 Å². The lowest BCUT2D eigenvalue weighted by molar-refractivity contribution is 0.0286. The second-order valence-corrected chi connectivity index (χ2v) is 8.24. The summed E-state index contributed by atoms with van der Waals surface area (Å²) in [4.78, 5) is 13.8. The van der Waals surface area contributed by atoms with Crippen molar-refractivity contribution in [3.8, 4) is 0 Å². The average molecular weight is 284 g/mol.